The zero-order valence-corrected chi connectivity index (χ0v) is 12.0. The van der Waals surface area contributed by atoms with Crippen molar-refractivity contribution in [2.24, 2.45) is 0 Å². The maximum absolute atomic E-state index is 13.6. The Hall–Kier alpha value is -1.95. The zero-order valence-electron chi connectivity index (χ0n) is 10.4. The van der Waals surface area contributed by atoms with E-state index in [0.717, 1.165) is 12.1 Å². The second-order valence-corrected chi connectivity index (χ2v) is 5.12. The summed E-state index contributed by atoms with van der Waals surface area (Å²) in [6.45, 7) is 1.62. The van der Waals surface area contributed by atoms with Gasteiger partial charge in [0.2, 0.25) is 0 Å². The predicted molar refractivity (Wildman–Crippen MR) is 74.9 cm³/mol. The van der Waals surface area contributed by atoms with Gasteiger partial charge in [0, 0.05) is 10.0 Å². The minimum Gasteiger partial charge on any atom is -0.508 e. The fraction of sp³-hybridized carbons (Fsp3) is 0.0714. The highest BCUT2D eigenvalue weighted by Crippen LogP contribution is 2.25. The first-order valence-electron chi connectivity index (χ1n) is 5.64. The monoisotopic (exact) mass is 341 g/mol. The number of carbonyl (C=O) groups is 1. The summed E-state index contributed by atoms with van der Waals surface area (Å²) < 4.78 is 27.5. The third kappa shape index (κ3) is 2.96. The van der Waals surface area contributed by atoms with Crippen molar-refractivity contribution in [3.8, 4) is 5.75 Å². The lowest BCUT2D eigenvalue weighted by Gasteiger charge is -2.09. The molecule has 2 N–H and O–H groups in total. The van der Waals surface area contributed by atoms with E-state index in [1.54, 1.807) is 6.92 Å². The lowest BCUT2D eigenvalue weighted by atomic mass is 10.1. The molecule has 0 saturated heterocycles. The summed E-state index contributed by atoms with van der Waals surface area (Å²) in [4.78, 5) is 11.9. The first-order valence-corrected chi connectivity index (χ1v) is 6.43. The molecular weight excluding hydrogens is 332 g/mol. The molecule has 20 heavy (non-hydrogen) atoms. The van der Waals surface area contributed by atoms with Gasteiger partial charge in [0.1, 0.15) is 11.4 Å². The minimum atomic E-state index is -0.874. The molecule has 2 aromatic rings. The van der Waals surface area contributed by atoms with E-state index in [-0.39, 0.29) is 15.8 Å². The Balaban J connectivity index is 2.30. The Morgan fingerprint density at radius 1 is 1.20 bits per heavy atom. The molecule has 0 fully saturated rings. The molecule has 0 bridgehead atoms. The van der Waals surface area contributed by atoms with Gasteiger partial charge in [0.05, 0.1) is 0 Å². The van der Waals surface area contributed by atoms with Crippen LogP contribution in [0.5, 0.6) is 5.75 Å². The van der Waals surface area contributed by atoms with Crippen LogP contribution in [-0.2, 0) is 0 Å². The minimum absolute atomic E-state index is 0.0440. The summed E-state index contributed by atoms with van der Waals surface area (Å²) in [5.74, 6) is -2.36. The first-order chi connectivity index (χ1) is 9.38. The van der Waals surface area contributed by atoms with Crippen molar-refractivity contribution in [2.75, 3.05) is 5.32 Å². The molecule has 0 radical (unpaired) electrons. The number of aromatic hydroxyl groups is 1. The zero-order chi connectivity index (χ0) is 14.9. The Labute approximate surface area is 122 Å². The number of nitrogens with one attached hydrogen (secondary N) is 1. The number of rotatable bonds is 2. The lowest BCUT2D eigenvalue weighted by molar-refractivity contribution is 0.102. The van der Waals surface area contributed by atoms with Crippen molar-refractivity contribution in [1.29, 1.82) is 0 Å². The number of halogens is 3. The lowest BCUT2D eigenvalue weighted by Crippen LogP contribution is -2.14. The molecular formula is C14H10BrF2NO2. The fourth-order valence-electron chi connectivity index (χ4n) is 1.64. The smallest absolute Gasteiger partial charge is 0.255 e. The number of anilines is 1. The summed E-state index contributed by atoms with van der Waals surface area (Å²) in [6, 6.07) is 6.26. The first kappa shape index (κ1) is 14.5. The van der Waals surface area contributed by atoms with Gasteiger partial charge in [-0.2, -0.15) is 0 Å². The summed E-state index contributed by atoms with van der Waals surface area (Å²) in [6.07, 6.45) is 0. The second kappa shape index (κ2) is 5.58. The molecule has 0 aliphatic carbocycles. The maximum Gasteiger partial charge on any atom is 0.255 e. The molecule has 2 rings (SSSR count). The van der Waals surface area contributed by atoms with Crippen molar-refractivity contribution >= 4 is 27.5 Å². The highest BCUT2D eigenvalue weighted by atomic mass is 79.9. The molecule has 0 aliphatic heterocycles. The van der Waals surface area contributed by atoms with Gasteiger partial charge in [-0.3, -0.25) is 4.79 Å². The topological polar surface area (TPSA) is 49.3 Å². The van der Waals surface area contributed by atoms with Crippen molar-refractivity contribution in [2.45, 2.75) is 6.92 Å². The largest absolute Gasteiger partial charge is 0.508 e. The summed E-state index contributed by atoms with van der Waals surface area (Å²) in [5, 5.41) is 11.6. The number of phenolic OH excluding ortho intramolecular Hbond substituents is 1. The highest BCUT2D eigenvalue weighted by molar-refractivity contribution is 9.10. The normalized spacial score (nSPS) is 10.4. The molecule has 0 aliphatic rings. The average Bonchev–Trinajstić information content (AvgIpc) is 2.36. The number of carbonyl (C=O) groups excluding carboxylic acids is 1. The number of aryl methyl sites for hydroxylation is 1. The third-order valence-corrected chi connectivity index (χ3v) is 3.16. The van der Waals surface area contributed by atoms with Gasteiger partial charge >= 0.3 is 0 Å². The molecule has 0 heterocycles. The van der Waals surface area contributed by atoms with E-state index < -0.39 is 23.2 Å². The Morgan fingerprint density at radius 2 is 1.80 bits per heavy atom. The van der Waals surface area contributed by atoms with Crippen LogP contribution in [0.3, 0.4) is 0 Å². The molecule has 1 amide bonds. The van der Waals surface area contributed by atoms with Crippen LogP contribution in [0, 0.1) is 18.6 Å². The maximum atomic E-state index is 13.6. The summed E-state index contributed by atoms with van der Waals surface area (Å²) in [5.41, 5.74) is 0.181. The van der Waals surface area contributed by atoms with E-state index in [2.05, 4.69) is 21.2 Å². The SMILES string of the molecule is Cc1cc(C(=O)Nc2c(F)cc(Br)cc2F)ccc1O. The van der Waals surface area contributed by atoms with Gasteiger partial charge in [0.25, 0.3) is 5.91 Å². The van der Waals surface area contributed by atoms with Crippen LogP contribution in [-0.4, -0.2) is 11.0 Å². The van der Waals surface area contributed by atoms with Crippen LogP contribution in [0.2, 0.25) is 0 Å². The van der Waals surface area contributed by atoms with Crippen molar-refractivity contribution in [3.05, 3.63) is 57.6 Å². The molecule has 2 aromatic carbocycles. The van der Waals surface area contributed by atoms with Crippen LogP contribution in [0.15, 0.2) is 34.8 Å². The van der Waals surface area contributed by atoms with Gasteiger partial charge in [-0.15, -0.1) is 0 Å². The quantitative estimate of drug-likeness (QED) is 0.867. The average molecular weight is 342 g/mol. The number of hydrogen-bond donors (Lipinski definition) is 2. The predicted octanol–water partition coefficient (Wildman–Crippen LogP) is 3.99. The van der Waals surface area contributed by atoms with Crippen LogP contribution in [0.1, 0.15) is 15.9 Å². The third-order valence-electron chi connectivity index (χ3n) is 2.70. The molecule has 0 spiro atoms. The van der Waals surface area contributed by atoms with E-state index in [0.29, 0.717) is 5.56 Å². The van der Waals surface area contributed by atoms with E-state index in [1.165, 1.54) is 18.2 Å². The Morgan fingerprint density at radius 3 is 2.35 bits per heavy atom. The van der Waals surface area contributed by atoms with Crippen LogP contribution < -0.4 is 5.32 Å². The molecule has 0 atom stereocenters. The summed E-state index contributed by atoms with van der Waals surface area (Å²) >= 11 is 2.96. The van der Waals surface area contributed by atoms with Gasteiger partial charge in [-0.1, -0.05) is 15.9 Å². The fourth-order valence-corrected chi connectivity index (χ4v) is 2.05. The molecule has 0 saturated carbocycles. The Kier molecular flexibility index (Phi) is 4.04. The number of amides is 1. The van der Waals surface area contributed by atoms with E-state index >= 15 is 0 Å². The molecule has 0 aromatic heterocycles. The summed E-state index contributed by atoms with van der Waals surface area (Å²) in [7, 11) is 0. The second-order valence-electron chi connectivity index (χ2n) is 4.20. The van der Waals surface area contributed by atoms with E-state index in [9.17, 15) is 18.7 Å². The van der Waals surface area contributed by atoms with Crippen LogP contribution >= 0.6 is 15.9 Å². The number of benzene rings is 2. The van der Waals surface area contributed by atoms with E-state index in [1.807, 2.05) is 0 Å². The Bertz CT molecular complexity index is 666. The number of hydrogen-bond acceptors (Lipinski definition) is 2. The van der Waals surface area contributed by atoms with Crippen LogP contribution in [0.4, 0.5) is 14.5 Å². The molecule has 0 unspecified atom stereocenters. The van der Waals surface area contributed by atoms with Crippen molar-refractivity contribution in [1.82, 2.24) is 0 Å². The van der Waals surface area contributed by atoms with Crippen LogP contribution in [0.25, 0.3) is 0 Å². The van der Waals surface area contributed by atoms with E-state index in [4.69, 9.17) is 0 Å². The van der Waals surface area contributed by atoms with Gasteiger partial charge in [-0.25, -0.2) is 8.78 Å². The number of phenols is 1. The van der Waals surface area contributed by atoms with Crippen molar-refractivity contribution in [3.63, 3.8) is 0 Å². The highest BCUT2D eigenvalue weighted by Gasteiger charge is 2.15. The van der Waals surface area contributed by atoms with Gasteiger partial charge < -0.3 is 10.4 Å². The molecule has 3 nitrogen and oxygen atoms in total. The van der Waals surface area contributed by atoms with Crippen molar-refractivity contribution < 1.29 is 18.7 Å². The standard InChI is InChI=1S/C14H10BrF2NO2/c1-7-4-8(2-3-12(7)19)14(20)18-13-10(16)5-9(15)6-11(13)17/h2-6,19H,1H3,(H,18,20). The molecule has 6 heteroatoms. The van der Waals surface area contributed by atoms with Gasteiger partial charge in [0.15, 0.2) is 11.6 Å². The molecule has 104 valence electrons. The van der Waals surface area contributed by atoms with Gasteiger partial charge in [-0.05, 0) is 42.8 Å².